The minimum atomic E-state index is -0.665. The molecule has 8 heteroatoms. The van der Waals surface area contributed by atoms with E-state index in [1.54, 1.807) is 4.68 Å². The van der Waals surface area contributed by atoms with E-state index in [4.69, 9.17) is 9.47 Å². The maximum Gasteiger partial charge on any atom is 0.259 e. The molecule has 1 aromatic rings. The van der Waals surface area contributed by atoms with Crippen molar-refractivity contribution in [3.63, 3.8) is 0 Å². The third-order valence-electron chi connectivity index (χ3n) is 5.08. The Hall–Kier alpha value is -1.67. The largest absolute Gasteiger partial charge is 0.378 e. The van der Waals surface area contributed by atoms with Crippen LogP contribution in [0.1, 0.15) is 25.7 Å². The Labute approximate surface area is 135 Å². The normalized spacial score (nSPS) is 30.5. The van der Waals surface area contributed by atoms with Gasteiger partial charge in [-0.3, -0.25) is 10.1 Å². The van der Waals surface area contributed by atoms with E-state index < -0.39 is 5.60 Å². The number of amides is 1. The molecule has 2 bridgehead atoms. The van der Waals surface area contributed by atoms with Crippen LogP contribution in [0.4, 0.5) is 11.9 Å². The molecule has 1 N–H and O–H groups in total. The van der Waals surface area contributed by atoms with E-state index in [2.05, 4.69) is 20.3 Å². The number of rotatable bonds is 3. The van der Waals surface area contributed by atoms with Gasteiger partial charge in [0.1, 0.15) is 5.60 Å². The number of nitrogens with one attached hydrogen (secondary N) is 1. The zero-order valence-electron chi connectivity index (χ0n) is 13.5. The number of carbonyl (C=O) groups excluding carboxylic acids is 1. The van der Waals surface area contributed by atoms with Gasteiger partial charge >= 0.3 is 0 Å². The number of aryl methyl sites for hydroxylation is 1. The molecular weight excluding hydrogens is 298 g/mol. The number of aromatic nitrogens is 3. The Morgan fingerprint density at radius 1 is 1.39 bits per heavy atom. The number of anilines is 2. The van der Waals surface area contributed by atoms with E-state index in [0.717, 1.165) is 44.7 Å². The van der Waals surface area contributed by atoms with E-state index in [9.17, 15) is 4.79 Å². The van der Waals surface area contributed by atoms with Crippen molar-refractivity contribution in [1.82, 2.24) is 14.8 Å². The molecule has 1 aliphatic carbocycles. The first kappa shape index (κ1) is 14.9. The van der Waals surface area contributed by atoms with Crippen LogP contribution in [-0.2, 0) is 21.3 Å². The molecule has 1 aromatic heterocycles. The molecule has 8 nitrogen and oxygen atoms in total. The van der Waals surface area contributed by atoms with E-state index in [-0.39, 0.29) is 5.91 Å². The second kappa shape index (κ2) is 5.76. The Kier molecular flexibility index (Phi) is 3.73. The molecule has 2 saturated heterocycles. The first-order chi connectivity index (χ1) is 11.2. The van der Waals surface area contributed by atoms with Crippen molar-refractivity contribution in [1.29, 1.82) is 0 Å². The summed E-state index contributed by atoms with van der Waals surface area (Å²) in [7, 11) is 1.84. The first-order valence-corrected chi connectivity index (χ1v) is 8.35. The van der Waals surface area contributed by atoms with Gasteiger partial charge in [-0.25, -0.2) is 4.68 Å². The third kappa shape index (κ3) is 2.70. The molecule has 3 heterocycles. The predicted molar refractivity (Wildman–Crippen MR) is 83.3 cm³/mol. The highest BCUT2D eigenvalue weighted by atomic mass is 16.5. The SMILES string of the molecule is Cn1nc(NC(=O)C23CCCC(CO2)C3)nc1N1CCOCC1. The van der Waals surface area contributed by atoms with Crippen molar-refractivity contribution in [2.75, 3.05) is 43.1 Å². The molecule has 3 fully saturated rings. The number of nitrogens with zero attached hydrogens (tertiary/aromatic N) is 4. The van der Waals surface area contributed by atoms with Gasteiger partial charge in [0.25, 0.3) is 11.9 Å². The molecule has 3 aliphatic rings. The lowest BCUT2D eigenvalue weighted by atomic mass is 9.80. The van der Waals surface area contributed by atoms with Crippen LogP contribution in [0.15, 0.2) is 0 Å². The molecule has 1 saturated carbocycles. The summed E-state index contributed by atoms with van der Waals surface area (Å²) in [5, 5.41) is 7.20. The summed E-state index contributed by atoms with van der Waals surface area (Å²) in [4.78, 5) is 19.3. The summed E-state index contributed by atoms with van der Waals surface area (Å²) in [6, 6.07) is 0. The highest BCUT2D eigenvalue weighted by Crippen LogP contribution is 2.42. The highest BCUT2D eigenvalue weighted by Gasteiger charge is 2.49. The molecular formula is C15H23N5O3. The molecule has 2 unspecified atom stereocenters. The number of hydrogen-bond acceptors (Lipinski definition) is 6. The minimum absolute atomic E-state index is 0.0983. The first-order valence-electron chi connectivity index (χ1n) is 8.35. The van der Waals surface area contributed by atoms with Gasteiger partial charge in [0.15, 0.2) is 0 Å². The zero-order chi connectivity index (χ0) is 15.9. The van der Waals surface area contributed by atoms with Gasteiger partial charge in [-0.15, -0.1) is 5.10 Å². The fraction of sp³-hybridized carbons (Fsp3) is 0.800. The van der Waals surface area contributed by atoms with Gasteiger partial charge in [-0.2, -0.15) is 4.98 Å². The number of fused-ring (bicyclic) bond motifs is 2. The summed E-state index contributed by atoms with van der Waals surface area (Å²) >= 11 is 0. The van der Waals surface area contributed by atoms with Gasteiger partial charge < -0.3 is 14.4 Å². The summed E-state index contributed by atoms with van der Waals surface area (Å²) in [6.45, 7) is 3.64. The quantitative estimate of drug-likeness (QED) is 0.875. The fourth-order valence-corrected chi connectivity index (χ4v) is 3.85. The number of morpholine rings is 1. The van der Waals surface area contributed by atoms with Crippen LogP contribution < -0.4 is 10.2 Å². The summed E-state index contributed by atoms with van der Waals surface area (Å²) in [6.07, 6.45) is 3.82. The summed E-state index contributed by atoms with van der Waals surface area (Å²) in [5.41, 5.74) is -0.665. The average Bonchev–Trinajstić information content (AvgIpc) is 3.08. The standard InChI is InChI=1S/C15H23N5O3/c1-19-14(20-5-7-22-8-6-20)17-13(18-19)16-12(21)15-4-2-3-11(9-15)10-23-15/h11H,2-10H2,1H3,(H,16,18,21). The average molecular weight is 321 g/mol. The van der Waals surface area contributed by atoms with Crippen LogP contribution in [-0.4, -0.2) is 59.2 Å². The van der Waals surface area contributed by atoms with Crippen molar-refractivity contribution in [3.8, 4) is 0 Å². The van der Waals surface area contributed by atoms with Crippen molar-refractivity contribution in [3.05, 3.63) is 0 Å². The smallest absolute Gasteiger partial charge is 0.259 e. The van der Waals surface area contributed by atoms with Crippen LogP contribution in [0, 0.1) is 5.92 Å². The molecule has 0 aromatic carbocycles. The van der Waals surface area contributed by atoms with E-state index in [1.165, 1.54) is 0 Å². The fourth-order valence-electron chi connectivity index (χ4n) is 3.85. The van der Waals surface area contributed by atoms with Gasteiger partial charge in [0, 0.05) is 20.1 Å². The number of ether oxygens (including phenoxy) is 2. The lowest BCUT2D eigenvalue weighted by molar-refractivity contribution is -0.136. The molecule has 4 rings (SSSR count). The number of carbonyl (C=O) groups is 1. The number of hydrogen-bond donors (Lipinski definition) is 1. The minimum Gasteiger partial charge on any atom is -0.378 e. The predicted octanol–water partition coefficient (Wildman–Crippen LogP) is 0.549. The highest BCUT2D eigenvalue weighted by molar-refractivity contribution is 5.96. The Morgan fingerprint density at radius 2 is 2.22 bits per heavy atom. The van der Waals surface area contributed by atoms with Crippen LogP contribution in [0.3, 0.4) is 0 Å². The summed E-state index contributed by atoms with van der Waals surface area (Å²) in [5.74, 6) is 1.54. The molecule has 0 spiro atoms. The van der Waals surface area contributed by atoms with Crippen molar-refractivity contribution >= 4 is 17.8 Å². The van der Waals surface area contributed by atoms with Gasteiger partial charge in [-0.05, 0) is 31.6 Å². The van der Waals surface area contributed by atoms with Crippen molar-refractivity contribution in [2.24, 2.45) is 13.0 Å². The second-order valence-corrected chi connectivity index (χ2v) is 6.68. The second-order valence-electron chi connectivity index (χ2n) is 6.68. The van der Waals surface area contributed by atoms with E-state index >= 15 is 0 Å². The van der Waals surface area contributed by atoms with Gasteiger partial charge in [0.2, 0.25) is 5.95 Å². The van der Waals surface area contributed by atoms with E-state index in [1.807, 2.05) is 7.05 Å². The van der Waals surface area contributed by atoms with Crippen molar-refractivity contribution in [2.45, 2.75) is 31.3 Å². The van der Waals surface area contributed by atoms with Crippen LogP contribution in [0.5, 0.6) is 0 Å². The monoisotopic (exact) mass is 321 g/mol. The molecule has 1 amide bonds. The van der Waals surface area contributed by atoms with Gasteiger partial charge in [0.05, 0.1) is 19.8 Å². The third-order valence-corrected chi connectivity index (χ3v) is 5.08. The maximum absolute atomic E-state index is 12.7. The Balaban J connectivity index is 1.47. The molecule has 23 heavy (non-hydrogen) atoms. The topological polar surface area (TPSA) is 81.5 Å². The molecule has 0 radical (unpaired) electrons. The Bertz CT molecular complexity index is 594. The van der Waals surface area contributed by atoms with E-state index in [0.29, 0.717) is 31.7 Å². The Morgan fingerprint density at radius 3 is 3.04 bits per heavy atom. The van der Waals surface area contributed by atoms with Crippen LogP contribution in [0.25, 0.3) is 0 Å². The van der Waals surface area contributed by atoms with Crippen LogP contribution >= 0.6 is 0 Å². The molecule has 126 valence electrons. The van der Waals surface area contributed by atoms with Gasteiger partial charge in [-0.1, -0.05) is 0 Å². The summed E-state index contributed by atoms with van der Waals surface area (Å²) < 4.78 is 12.9. The van der Waals surface area contributed by atoms with Crippen molar-refractivity contribution < 1.29 is 14.3 Å². The maximum atomic E-state index is 12.7. The molecule has 2 aliphatic heterocycles. The lowest BCUT2D eigenvalue weighted by Gasteiger charge is -2.29. The molecule has 2 atom stereocenters. The van der Waals surface area contributed by atoms with Crippen LogP contribution in [0.2, 0.25) is 0 Å². The zero-order valence-corrected chi connectivity index (χ0v) is 13.5. The lowest BCUT2D eigenvalue weighted by Crippen LogP contribution is -2.44.